The lowest BCUT2D eigenvalue weighted by molar-refractivity contribution is -0.119. The summed E-state index contributed by atoms with van der Waals surface area (Å²) in [6.07, 6.45) is 2.07. The van der Waals surface area contributed by atoms with Crippen LogP contribution in [-0.4, -0.2) is 41.5 Å². The number of aliphatic hydroxyl groups excluding tert-OH is 1. The number of hydrogen-bond acceptors (Lipinski definition) is 3. The molecule has 0 aromatic rings. The topological polar surface area (TPSA) is 40.5 Å². The fraction of sp³-hybridized carbons (Fsp3) is 0.909. The number of carbonyl (C=O) groups excluding carboxylic acids is 1. The van der Waals surface area contributed by atoms with Crippen LogP contribution in [0.5, 0.6) is 0 Å². The van der Waals surface area contributed by atoms with Crippen LogP contribution in [0.2, 0.25) is 0 Å². The minimum Gasteiger partial charge on any atom is -0.396 e. The second-order valence-corrected chi connectivity index (χ2v) is 5.07. The SMILES string of the molecule is CC1CC(CO)CN(C(C)(C)C=O)C1. The van der Waals surface area contributed by atoms with Crippen LogP contribution in [0, 0.1) is 11.8 Å². The van der Waals surface area contributed by atoms with Crippen molar-refractivity contribution in [3.8, 4) is 0 Å². The van der Waals surface area contributed by atoms with Gasteiger partial charge in [-0.2, -0.15) is 0 Å². The van der Waals surface area contributed by atoms with Gasteiger partial charge in [0.05, 0.1) is 5.54 Å². The monoisotopic (exact) mass is 199 g/mol. The van der Waals surface area contributed by atoms with E-state index >= 15 is 0 Å². The number of piperidine rings is 1. The van der Waals surface area contributed by atoms with E-state index in [4.69, 9.17) is 5.11 Å². The van der Waals surface area contributed by atoms with Gasteiger partial charge in [0.1, 0.15) is 6.29 Å². The van der Waals surface area contributed by atoms with E-state index in [0.717, 1.165) is 25.8 Å². The Morgan fingerprint density at radius 2 is 2.14 bits per heavy atom. The van der Waals surface area contributed by atoms with Crippen LogP contribution in [0.15, 0.2) is 0 Å². The Bertz CT molecular complexity index is 203. The standard InChI is InChI=1S/C11H21NO2/c1-9-4-10(7-13)6-12(5-9)11(2,3)8-14/h8-10,13H,4-7H2,1-3H3. The highest BCUT2D eigenvalue weighted by atomic mass is 16.3. The van der Waals surface area contributed by atoms with Crippen molar-refractivity contribution in [2.75, 3.05) is 19.7 Å². The number of aliphatic hydroxyl groups is 1. The number of nitrogens with zero attached hydrogens (tertiary/aromatic N) is 1. The molecular weight excluding hydrogens is 178 g/mol. The van der Waals surface area contributed by atoms with E-state index in [1.807, 2.05) is 13.8 Å². The quantitative estimate of drug-likeness (QED) is 0.687. The first-order valence-electron chi connectivity index (χ1n) is 5.32. The predicted molar refractivity (Wildman–Crippen MR) is 56.1 cm³/mol. The molecule has 1 aliphatic rings. The Kier molecular flexibility index (Phi) is 3.67. The van der Waals surface area contributed by atoms with Crippen LogP contribution >= 0.6 is 0 Å². The van der Waals surface area contributed by atoms with Gasteiger partial charge in [0.25, 0.3) is 0 Å². The van der Waals surface area contributed by atoms with E-state index in [1.54, 1.807) is 0 Å². The molecule has 0 aliphatic carbocycles. The van der Waals surface area contributed by atoms with E-state index in [1.165, 1.54) is 0 Å². The zero-order chi connectivity index (χ0) is 10.8. The van der Waals surface area contributed by atoms with E-state index in [9.17, 15) is 4.79 Å². The minimum absolute atomic E-state index is 0.232. The third-order valence-corrected chi connectivity index (χ3v) is 3.11. The summed E-state index contributed by atoms with van der Waals surface area (Å²) in [4.78, 5) is 13.1. The highest BCUT2D eigenvalue weighted by Gasteiger charge is 2.33. The summed E-state index contributed by atoms with van der Waals surface area (Å²) in [6, 6.07) is 0. The molecule has 0 radical (unpaired) electrons. The van der Waals surface area contributed by atoms with Gasteiger partial charge in [-0.05, 0) is 32.1 Å². The third-order valence-electron chi connectivity index (χ3n) is 3.11. The lowest BCUT2D eigenvalue weighted by Crippen LogP contribution is -2.52. The molecule has 14 heavy (non-hydrogen) atoms. The lowest BCUT2D eigenvalue weighted by Gasteiger charge is -2.42. The smallest absolute Gasteiger partial charge is 0.139 e. The molecule has 1 saturated heterocycles. The van der Waals surface area contributed by atoms with Crippen molar-refractivity contribution in [2.45, 2.75) is 32.7 Å². The summed E-state index contributed by atoms with van der Waals surface area (Å²) in [7, 11) is 0. The largest absolute Gasteiger partial charge is 0.396 e. The number of carbonyl (C=O) groups is 1. The van der Waals surface area contributed by atoms with Gasteiger partial charge in [-0.25, -0.2) is 0 Å². The van der Waals surface area contributed by atoms with Crippen LogP contribution in [0.25, 0.3) is 0 Å². The summed E-state index contributed by atoms with van der Waals surface area (Å²) in [5.74, 6) is 0.901. The molecule has 0 bridgehead atoms. The molecule has 1 heterocycles. The van der Waals surface area contributed by atoms with Crippen molar-refractivity contribution in [3.05, 3.63) is 0 Å². The molecule has 1 N–H and O–H groups in total. The first-order valence-corrected chi connectivity index (χ1v) is 5.32. The normalized spacial score (nSPS) is 30.3. The summed E-state index contributed by atoms with van der Waals surface area (Å²) in [6.45, 7) is 8.08. The summed E-state index contributed by atoms with van der Waals surface area (Å²) in [5.41, 5.74) is -0.387. The first-order chi connectivity index (χ1) is 6.49. The predicted octanol–water partition coefficient (Wildman–Crippen LogP) is 0.914. The Labute approximate surface area is 86.1 Å². The lowest BCUT2D eigenvalue weighted by atomic mass is 9.88. The molecule has 82 valence electrons. The molecule has 1 fully saturated rings. The van der Waals surface area contributed by atoms with E-state index in [0.29, 0.717) is 11.8 Å². The highest BCUT2D eigenvalue weighted by molar-refractivity contribution is 5.62. The molecule has 1 rings (SSSR count). The Balaban J connectivity index is 2.65. The molecule has 3 nitrogen and oxygen atoms in total. The van der Waals surface area contributed by atoms with E-state index in [-0.39, 0.29) is 12.1 Å². The van der Waals surface area contributed by atoms with Crippen LogP contribution in [-0.2, 0) is 4.79 Å². The second kappa shape index (κ2) is 4.41. The number of aldehydes is 1. The maximum atomic E-state index is 10.9. The first kappa shape index (κ1) is 11.7. The average molecular weight is 199 g/mol. The fourth-order valence-corrected chi connectivity index (χ4v) is 2.16. The molecule has 0 aromatic carbocycles. The van der Waals surface area contributed by atoms with E-state index in [2.05, 4.69) is 11.8 Å². The van der Waals surface area contributed by atoms with Crippen LogP contribution in [0.3, 0.4) is 0 Å². The maximum Gasteiger partial charge on any atom is 0.139 e. The molecule has 0 spiro atoms. The summed E-state index contributed by atoms with van der Waals surface area (Å²) >= 11 is 0. The minimum atomic E-state index is -0.387. The fourth-order valence-electron chi connectivity index (χ4n) is 2.16. The van der Waals surface area contributed by atoms with Gasteiger partial charge >= 0.3 is 0 Å². The molecule has 3 heteroatoms. The van der Waals surface area contributed by atoms with Crippen LogP contribution < -0.4 is 0 Å². The molecule has 0 aromatic heterocycles. The van der Waals surface area contributed by atoms with Gasteiger partial charge in [0.2, 0.25) is 0 Å². The Hall–Kier alpha value is -0.410. The van der Waals surface area contributed by atoms with Gasteiger partial charge < -0.3 is 9.90 Å². The van der Waals surface area contributed by atoms with Crippen molar-refractivity contribution in [2.24, 2.45) is 11.8 Å². The molecule has 0 saturated carbocycles. The summed E-state index contributed by atoms with van der Waals surface area (Å²) in [5, 5.41) is 9.15. The van der Waals surface area contributed by atoms with Crippen molar-refractivity contribution in [1.82, 2.24) is 4.90 Å². The zero-order valence-corrected chi connectivity index (χ0v) is 9.36. The number of rotatable bonds is 3. The highest BCUT2D eigenvalue weighted by Crippen LogP contribution is 2.26. The van der Waals surface area contributed by atoms with Gasteiger partial charge in [-0.1, -0.05) is 6.92 Å². The van der Waals surface area contributed by atoms with Crippen LogP contribution in [0.1, 0.15) is 27.2 Å². The van der Waals surface area contributed by atoms with Gasteiger partial charge in [-0.3, -0.25) is 4.90 Å². The molecule has 2 atom stereocenters. The van der Waals surface area contributed by atoms with Crippen molar-refractivity contribution in [1.29, 1.82) is 0 Å². The third kappa shape index (κ3) is 2.55. The Morgan fingerprint density at radius 3 is 2.64 bits per heavy atom. The van der Waals surface area contributed by atoms with E-state index < -0.39 is 0 Å². The van der Waals surface area contributed by atoms with Crippen molar-refractivity contribution >= 4 is 6.29 Å². The molecule has 0 amide bonds. The Morgan fingerprint density at radius 1 is 1.50 bits per heavy atom. The van der Waals surface area contributed by atoms with Gasteiger partial charge in [0, 0.05) is 19.7 Å². The van der Waals surface area contributed by atoms with Crippen molar-refractivity contribution < 1.29 is 9.90 Å². The molecule has 1 aliphatic heterocycles. The summed E-state index contributed by atoms with van der Waals surface area (Å²) < 4.78 is 0. The zero-order valence-electron chi connectivity index (χ0n) is 9.36. The average Bonchev–Trinajstić information content (AvgIpc) is 2.16. The van der Waals surface area contributed by atoms with Crippen LogP contribution in [0.4, 0.5) is 0 Å². The second-order valence-electron chi connectivity index (χ2n) is 5.07. The number of hydrogen-bond donors (Lipinski definition) is 1. The maximum absolute atomic E-state index is 10.9. The van der Waals surface area contributed by atoms with Crippen molar-refractivity contribution in [3.63, 3.8) is 0 Å². The number of likely N-dealkylation sites (tertiary alicyclic amines) is 1. The molecular formula is C11H21NO2. The molecule has 2 unspecified atom stereocenters. The van der Waals surface area contributed by atoms with Gasteiger partial charge in [0.15, 0.2) is 0 Å². The van der Waals surface area contributed by atoms with Gasteiger partial charge in [-0.15, -0.1) is 0 Å².